The number of hydrogen-bond donors (Lipinski definition) is 2. The van der Waals surface area contributed by atoms with E-state index in [-0.39, 0.29) is 6.79 Å². The Morgan fingerprint density at radius 1 is 1.00 bits per heavy atom. The van der Waals surface area contributed by atoms with Gasteiger partial charge in [0, 0.05) is 17.4 Å². The first-order chi connectivity index (χ1) is 11.2. The van der Waals surface area contributed by atoms with Crippen molar-refractivity contribution in [3.05, 3.63) is 47.5 Å². The van der Waals surface area contributed by atoms with Crippen LogP contribution in [0, 0.1) is 0 Å². The smallest absolute Gasteiger partial charge is 0.231 e. The molecule has 4 nitrogen and oxygen atoms in total. The van der Waals surface area contributed by atoms with E-state index in [0.29, 0.717) is 5.11 Å². The largest absolute Gasteiger partial charge is 0.454 e. The molecule has 1 aliphatic heterocycles. The van der Waals surface area contributed by atoms with Gasteiger partial charge in [-0.2, -0.15) is 0 Å². The van der Waals surface area contributed by atoms with Gasteiger partial charge in [-0.15, -0.1) is 0 Å². The minimum atomic E-state index is 0.269. The lowest BCUT2D eigenvalue weighted by Crippen LogP contribution is -2.20. The van der Waals surface area contributed by atoms with Gasteiger partial charge in [-0.1, -0.05) is 32.0 Å². The van der Waals surface area contributed by atoms with E-state index in [4.69, 9.17) is 21.7 Å². The van der Waals surface area contributed by atoms with Gasteiger partial charge in [0.1, 0.15) is 0 Å². The highest BCUT2D eigenvalue weighted by molar-refractivity contribution is 7.80. The quantitative estimate of drug-likeness (QED) is 0.817. The van der Waals surface area contributed by atoms with Crippen molar-refractivity contribution in [3.8, 4) is 11.5 Å². The molecule has 0 atom stereocenters. The number of ether oxygens (including phenoxy) is 2. The van der Waals surface area contributed by atoms with E-state index < -0.39 is 0 Å². The molecule has 0 saturated heterocycles. The van der Waals surface area contributed by atoms with E-state index in [2.05, 4.69) is 42.7 Å². The fourth-order valence-corrected chi connectivity index (χ4v) is 2.87. The van der Waals surface area contributed by atoms with Gasteiger partial charge in [-0.05, 0) is 48.3 Å². The summed E-state index contributed by atoms with van der Waals surface area (Å²) in [6, 6.07) is 12.0. The van der Waals surface area contributed by atoms with E-state index >= 15 is 0 Å². The number of fused-ring (bicyclic) bond motifs is 1. The summed E-state index contributed by atoms with van der Waals surface area (Å²) in [5, 5.41) is 7.12. The number of para-hydroxylation sites is 1. The molecule has 5 heteroatoms. The molecule has 0 fully saturated rings. The van der Waals surface area contributed by atoms with Crippen LogP contribution in [-0.4, -0.2) is 11.9 Å². The fraction of sp³-hybridized carbons (Fsp3) is 0.278. The summed E-state index contributed by atoms with van der Waals surface area (Å²) in [6.45, 7) is 4.56. The molecule has 0 aliphatic carbocycles. The molecular formula is C18H20N2O2S. The van der Waals surface area contributed by atoms with Crippen molar-refractivity contribution in [3.63, 3.8) is 0 Å². The summed E-state index contributed by atoms with van der Waals surface area (Å²) in [4.78, 5) is 0. The second kappa shape index (κ2) is 6.87. The van der Waals surface area contributed by atoms with Crippen LogP contribution in [0.4, 0.5) is 11.4 Å². The molecule has 2 N–H and O–H groups in total. The molecule has 0 amide bonds. The summed E-state index contributed by atoms with van der Waals surface area (Å²) < 4.78 is 10.7. The van der Waals surface area contributed by atoms with Gasteiger partial charge in [0.05, 0.1) is 0 Å². The first-order valence-corrected chi connectivity index (χ1v) is 8.20. The van der Waals surface area contributed by atoms with Gasteiger partial charge in [0.2, 0.25) is 6.79 Å². The third-order valence-corrected chi connectivity index (χ3v) is 4.07. The zero-order valence-electron chi connectivity index (χ0n) is 13.3. The molecule has 0 spiro atoms. The minimum Gasteiger partial charge on any atom is -0.454 e. The lowest BCUT2D eigenvalue weighted by atomic mass is 10.0. The van der Waals surface area contributed by atoms with Crippen LogP contribution in [0.1, 0.15) is 25.0 Å². The fourth-order valence-electron chi connectivity index (χ4n) is 2.65. The number of rotatable bonds is 4. The van der Waals surface area contributed by atoms with Crippen LogP contribution >= 0.6 is 12.2 Å². The molecule has 2 aromatic carbocycles. The van der Waals surface area contributed by atoms with Crippen molar-refractivity contribution in [1.82, 2.24) is 0 Å². The molecule has 1 aliphatic rings. The van der Waals surface area contributed by atoms with Gasteiger partial charge < -0.3 is 20.1 Å². The number of benzene rings is 2. The van der Waals surface area contributed by atoms with Gasteiger partial charge in [-0.3, -0.25) is 0 Å². The van der Waals surface area contributed by atoms with E-state index in [1.807, 2.05) is 18.2 Å². The van der Waals surface area contributed by atoms with Crippen LogP contribution < -0.4 is 20.1 Å². The molecular weight excluding hydrogens is 308 g/mol. The van der Waals surface area contributed by atoms with Crippen LogP contribution in [0.5, 0.6) is 11.5 Å². The van der Waals surface area contributed by atoms with E-state index in [0.717, 1.165) is 35.7 Å². The number of anilines is 2. The number of hydrogen-bond acceptors (Lipinski definition) is 3. The third kappa shape index (κ3) is 3.40. The maximum Gasteiger partial charge on any atom is 0.231 e. The molecule has 3 rings (SSSR count). The van der Waals surface area contributed by atoms with Crippen LogP contribution in [0.15, 0.2) is 36.4 Å². The molecule has 0 bridgehead atoms. The average molecular weight is 328 g/mol. The number of thiocarbonyl (C=S) groups is 1. The summed E-state index contributed by atoms with van der Waals surface area (Å²) in [5.41, 5.74) is 4.51. The van der Waals surface area contributed by atoms with E-state index in [1.54, 1.807) is 0 Å². The summed E-state index contributed by atoms with van der Waals surface area (Å²) >= 11 is 5.47. The first kappa shape index (κ1) is 15.6. The lowest BCUT2D eigenvalue weighted by molar-refractivity contribution is 0.174. The summed E-state index contributed by atoms with van der Waals surface area (Å²) in [7, 11) is 0. The Labute approximate surface area is 141 Å². The zero-order chi connectivity index (χ0) is 16.2. The predicted octanol–water partition coefficient (Wildman–Crippen LogP) is 4.35. The molecule has 1 heterocycles. The molecule has 120 valence electrons. The normalized spacial score (nSPS) is 12.1. The Balaban J connectivity index is 1.75. The minimum absolute atomic E-state index is 0.269. The Bertz CT molecular complexity index is 709. The van der Waals surface area contributed by atoms with Crippen LogP contribution in [0.3, 0.4) is 0 Å². The van der Waals surface area contributed by atoms with E-state index in [9.17, 15) is 0 Å². The SMILES string of the molecule is CCc1cccc(CC)c1NC(=S)Nc1ccc2c(c1)OCO2. The molecule has 0 radical (unpaired) electrons. The summed E-state index contributed by atoms with van der Waals surface area (Å²) in [6.07, 6.45) is 1.92. The Morgan fingerprint density at radius 3 is 2.39 bits per heavy atom. The van der Waals surface area contributed by atoms with Gasteiger partial charge in [-0.25, -0.2) is 0 Å². The molecule has 0 aromatic heterocycles. The topological polar surface area (TPSA) is 42.5 Å². The van der Waals surface area contributed by atoms with Crippen molar-refractivity contribution in [1.29, 1.82) is 0 Å². The van der Waals surface area contributed by atoms with Crippen LogP contribution in [0.25, 0.3) is 0 Å². The van der Waals surface area contributed by atoms with E-state index in [1.165, 1.54) is 11.1 Å². The third-order valence-electron chi connectivity index (χ3n) is 3.87. The molecule has 23 heavy (non-hydrogen) atoms. The molecule has 2 aromatic rings. The Hall–Kier alpha value is -2.27. The molecule has 0 unspecified atom stereocenters. The van der Waals surface area contributed by atoms with Crippen LogP contribution in [0.2, 0.25) is 0 Å². The summed E-state index contributed by atoms with van der Waals surface area (Å²) in [5.74, 6) is 1.50. The first-order valence-electron chi connectivity index (χ1n) is 7.79. The number of nitrogens with one attached hydrogen (secondary N) is 2. The average Bonchev–Trinajstić information content (AvgIpc) is 3.02. The maximum absolute atomic E-state index is 5.47. The van der Waals surface area contributed by atoms with Gasteiger partial charge in [0.15, 0.2) is 16.6 Å². The van der Waals surface area contributed by atoms with Crippen molar-refractivity contribution < 1.29 is 9.47 Å². The number of aryl methyl sites for hydroxylation is 2. The second-order valence-corrected chi connectivity index (χ2v) is 5.71. The second-order valence-electron chi connectivity index (χ2n) is 5.31. The van der Waals surface area contributed by atoms with Crippen molar-refractivity contribution in [2.75, 3.05) is 17.4 Å². The van der Waals surface area contributed by atoms with Crippen LogP contribution in [-0.2, 0) is 12.8 Å². The van der Waals surface area contributed by atoms with Gasteiger partial charge >= 0.3 is 0 Å². The van der Waals surface area contributed by atoms with Crippen molar-refractivity contribution in [2.45, 2.75) is 26.7 Å². The molecule has 0 saturated carbocycles. The van der Waals surface area contributed by atoms with Crippen molar-refractivity contribution in [2.24, 2.45) is 0 Å². The monoisotopic (exact) mass is 328 g/mol. The Kier molecular flexibility index (Phi) is 4.67. The zero-order valence-corrected chi connectivity index (χ0v) is 14.1. The highest BCUT2D eigenvalue weighted by atomic mass is 32.1. The predicted molar refractivity (Wildman–Crippen MR) is 97.6 cm³/mol. The lowest BCUT2D eigenvalue weighted by Gasteiger charge is -2.17. The highest BCUT2D eigenvalue weighted by Gasteiger charge is 2.14. The van der Waals surface area contributed by atoms with Gasteiger partial charge in [0.25, 0.3) is 0 Å². The Morgan fingerprint density at radius 2 is 1.70 bits per heavy atom. The maximum atomic E-state index is 5.47. The van der Waals surface area contributed by atoms with Crippen molar-refractivity contribution >= 4 is 28.7 Å². The highest BCUT2D eigenvalue weighted by Crippen LogP contribution is 2.34. The standard InChI is InChI=1S/C18H20N2O2S/c1-3-12-6-5-7-13(4-2)17(12)20-18(23)19-14-8-9-15-16(10-14)22-11-21-15/h5-10H,3-4,11H2,1-2H3,(H2,19,20,23).